The first-order valence-corrected chi connectivity index (χ1v) is 2.79. The predicted octanol–water partition coefficient (Wildman–Crippen LogP) is 0.0598. The van der Waals surface area contributed by atoms with E-state index in [9.17, 15) is 0 Å². The average Bonchev–Trinajstić information content (AvgIpc) is 2.14. The summed E-state index contributed by atoms with van der Waals surface area (Å²) in [6, 6.07) is 0. The highest BCUT2D eigenvalue weighted by molar-refractivity contribution is 5.10. The topological polar surface area (TPSA) is 40.5 Å². The van der Waals surface area contributed by atoms with Crippen LogP contribution in [0.4, 0.5) is 0 Å². The molecule has 1 aliphatic carbocycles. The fourth-order valence-corrected chi connectivity index (χ4v) is 0.901. The first kappa shape index (κ1) is 5.79. The van der Waals surface area contributed by atoms with E-state index in [0.29, 0.717) is 6.42 Å². The van der Waals surface area contributed by atoms with Crippen LogP contribution in [-0.4, -0.2) is 22.9 Å². The lowest BCUT2D eigenvalue weighted by molar-refractivity contribution is 0.184. The van der Waals surface area contributed by atoms with Gasteiger partial charge in [0, 0.05) is 0 Å². The van der Waals surface area contributed by atoms with Crippen molar-refractivity contribution in [1.29, 1.82) is 0 Å². The number of hydrogen-bond acceptors (Lipinski definition) is 2. The smallest absolute Gasteiger partial charge is 0.0642 e. The molecule has 1 aliphatic rings. The normalized spacial score (nSPS) is 28.2. The molecule has 0 aromatic rings. The summed E-state index contributed by atoms with van der Waals surface area (Å²) in [7, 11) is 0. The van der Waals surface area contributed by atoms with E-state index in [1.54, 1.807) is 0 Å². The van der Waals surface area contributed by atoms with E-state index in [1.807, 2.05) is 6.08 Å². The molecule has 1 atom stereocenters. The Morgan fingerprint density at radius 1 is 1.75 bits per heavy atom. The second-order valence-electron chi connectivity index (χ2n) is 2.11. The molecule has 8 heavy (non-hydrogen) atoms. The molecule has 0 bridgehead atoms. The van der Waals surface area contributed by atoms with Gasteiger partial charge in [0.1, 0.15) is 0 Å². The summed E-state index contributed by atoms with van der Waals surface area (Å²) in [5.41, 5.74) is 0.970. The fraction of sp³-hybridized carbons (Fsp3) is 0.667. The van der Waals surface area contributed by atoms with Crippen LogP contribution >= 0.6 is 0 Å². The van der Waals surface area contributed by atoms with Gasteiger partial charge in [0.25, 0.3) is 0 Å². The molecule has 2 nitrogen and oxygen atoms in total. The molecule has 1 unspecified atom stereocenters. The first-order valence-electron chi connectivity index (χ1n) is 2.79. The standard InChI is InChI=1S/C6H10O2/c7-4-5-1-2-6(8)3-5/h1,6-8H,2-4H2. The minimum Gasteiger partial charge on any atom is -0.392 e. The second kappa shape index (κ2) is 2.29. The maximum absolute atomic E-state index is 8.87. The van der Waals surface area contributed by atoms with Gasteiger partial charge in [-0.05, 0) is 18.4 Å². The van der Waals surface area contributed by atoms with Crippen LogP contribution in [0.25, 0.3) is 0 Å². The van der Waals surface area contributed by atoms with Crippen LogP contribution in [0.2, 0.25) is 0 Å². The molecule has 1 rings (SSSR count). The van der Waals surface area contributed by atoms with Crippen molar-refractivity contribution in [2.45, 2.75) is 18.9 Å². The van der Waals surface area contributed by atoms with Crippen LogP contribution in [0.15, 0.2) is 11.6 Å². The van der Waals surface area contributed by atoms with E-state index in [1.165, 1.54) is 0 Å². The van der Waals surface area contributed by atoms with Gasteiger partial charge in [-0.25, -0.2) is 0 Å². The van der Waals surface area contributed by atoms with E-state index < -0.39 is 0 Å². The molecule has 0 amide bonds. The minimum atomic E-state index is -0.225. The van der Waals surface area contributed by atoms with Crippen molar-refractivity contribution >= 4 is 0 Å². The number of aliphatic hydroxyl groups is 2. The van der Waals surface area contributed by atoms with Crippen molar-refractivity contribution in [1.82, 2.24) is 0 Å². The summed E-state index contributed by atoms with van der Waals surface area (Å²) in [5, 5.41) is 17.4. The minimum absolute atomic E-state index is 0.108. The van der Waals surface area contributed by atoms with Gasteiger partial charge in [0.05, 0.1) is 12.7 Å². The van der Waals surface area contributed by atoms with Crippen molar-refractivity contribution in [2.24, 2.45) is 0 Å². The van der Waals surface area contributed by atoms with Crippen molar-refractivity contribution in [3.05, 3.63) is 11.6 Å². The molecule has 0 heterocycles. The van der Waals surface area contributed by atoms with Crippen LogP contribution in [0.3, 0.4) is 0 Å². The second-order valence-corrected chi connectivity index (χ2v) is 2.11. The Balaban J connectivity index is 2.37. The Kier molecular flexibility index (Phi) is 1.65. The molecule has 0 saturated carbocycles. The average molecular weight is 114 g/mol. The van der Waals surface area contributed by atoms with Gasteiger partial charge < -0.3 is 10.2 Å². The number of aliphatic hydroxyl groups excluding tert-OH is 2. The lowest BCUT2D eigenvalue weighted by atomic mass is 10.2. The summed E-state index contributed by atoms with van der Waals surface area (Å²) in [4.78, 5) is 0. The molecule has 2 heteroatoms. The van der Waals surface area contributed by atoms with Gasteiger partial charge in [-0.15, -0.1) is 0 Å². The molecule has 0 fully saturated rings. The highest BCUT2D eigenvalue weighted by Gasteiger charge is 2.11. The van der Waals surface area contributed by atoms with E-state index in [2.05, 4.69) is 0 Å². The van der Waals surface area contributed by atoms with E-state index in [0.717, 1.165) is 12.0 Å². The Morgan fingerprint density at radius 2 is 2.50 bits per heavy atom. The van der Waals surface area contributed by atoms with Gasteiger partial charge >= 0.3 is 0 Å². The summed E-state index contributed by atoms with van der Waals surface area (Å²) in [5.74, 6) is 0. The van der Waals surface area contributed by atoms with Crippen LogP contribution in [-0.2, 0) is 0 Å². The van der Waals surface area contributed by atoms with Crippen LogP contribution in [0.5, 0.6) is 0 Å². The SMILES string of the molecule is OCC1=CCC(O)C1. The Morgan fingerprint density at radius 3 is 2.75 bits per heavy atom. The zero-order valence-corrected chi connectivity index (χ0v) is 4.67. The monoisotopic (exact) mass is 114 g/mol. The van der Waals surface area contributed by atoms with Crippen LogP contribution < -0.4 is 0 Å². The molecule has 0 aromatic carbocycles. The quantitative estimate of drug-likeness (QED) is 0.473. The zero-order valence-electron chi connectivity index (χ0n) is 4.67. The summed E-state index contributed by atoms with van der Waals surface area (Å²) in [6.45, 7) is 0.108. The lowest BCUT2D eigenvalue weighted by Crippen LogP contribution is -1.99. The van der Waals surface area contributed by atoms with Crippen molar-refractivity contribution in [3.8, 4) is 0 Å². The van der Waals surface area contributed by atoms with Crippen molar-refractivity contribution in [3.63, 3.8) is 0 Å². The molecule has 0 saturated heterocycles. The van der Waals surface area contributed by atoms with Crippen molar-refractivity contribution in [2.75, 3.05) is 6.61 Å². The van der Waals surface area contributed by atoms with E-state index in [-0.39, 0.29) is 12.7 Å². The fourth-order valence-electron chi connectivity index (χ4n) is 0.901. The molecule has 46 valence electrons. The Hall–Kier alpha value is -0.340. The zero-order chi connectivity index (χ0) is 5.98. The third-order valence-corrected chi connectivity index (χ3v) is 1.38. The van der Waals surface area contributed by atoms with Crippen molar-refractivity contribution < 1.29 is 10.2 Å². The Labute approximate surface area is 48.5 Å². The van der Waals surface area contributed by atoms with Crippen LogP contribution in [0, 0.1) is 0 Å². The summed E-state index contributed by atoms with van der Waals surface area (Å²) < 4.78 is 0. The van der Waals surface area contributed by atoms with Gasteiger partial charge in [-0.3, -0.25) is 0 Å². The largest absolute Gasteiger partial charge is 0.392 e. The summed E-state index contributed by atoms with van der Waals surface area (Å²) in [6.07, 6.45) is 3.05. The van der Waals surface area contributed by atoms with Crippen LogP contribution in [0.1, 0.15) is 12.8 Å². The molecular weight excluding hydrogens is 104 g/mol. The summed E-state index contributed by atoms with van der Waals surface area (Å²) >= 11 is 0. The van der Waals surface area contributed by atoms with E-state index >= 15 is 0 Å². The molecule has 0 radical (unpaired) electrons. The predicted molar refractivity (Wildman–Crippen MR) is 30.4 cm³/mol. The van der Waals surface area contributed by atoms with Gasteiger partial charge in [-0.2, -0.15) is 0 Å². The highest BCUT2D eigenvalue weighted by atomic mass is 16.3. The number of rotatable bonds is 1. The molecule has 2 N–H and O–H groups in total. The third-order valence-electron chi connectivity index (χ3n) is 1.38. The maximum Gasteiger partial charge on any atom is 0.0642 e. The number of hydrogen-bond donors (Lipinski definition) is 2. The molecule has 0 aromatic heterocycles. The lowest BCUT2D eigenvalue weighted by Gasteiger charge is -1.97. The molecule has 0 spiro atoms. The third kappa shape index (κ3) is 1.08. The first-order chi connectivity index (χ1) is 3.83. The molecular formula is C6H10O2. The maximum atomic E-state index is 8.87. The van der Waals surface area contributed by atoms with Gasteiger partial charge in [0.2, 0.25) is 0 Å². The Bertz CT molecular complexity index is 107. The van der Waals surface area contributed by atoms with Gasteiger partial charge in [0.15, 0.2) is 0 Å². The molecule has 0 aliphatic heterocycles. The highest BCUT2D eigenvalue weighted by Crippen LogP contribution is 2.16. The van der Waals surface area contributed by atoms with Gasteiger partial charge in [-0.1, -0.05) is 6.08 Å². The van der Waals surface area contributed by atoms with E-state index in [4.69, 9.17) is 10.2 Å².